The summed E-state index contributed by atoms with van der Waals surface area (Å²) in [5.41, 5.74) is -1.38. The minimum Gasteiger partial charge on any atom is -0.550 e. The van der Waals surface area contributed by atoms with Crippen molar-refractivity contribution < 1.29 is 19.8 Å². The van der Waals surface area contributed by atoms with E-state index in [9.17, 15) is 19.8 Å². The molecule has 2 heterocycles. The van der Waals surface area contributed by atoms with E-state index in [0.29, 0.717) is 36.8 Å². The van der Waals surface area contributed by atoms with Crippen molar-refractivity contribution in [2.45, 2.75) is 115 Å². The molecule has 2 saturated heterocycles. The van der Waals surface area contributed by atoms with Gasteiger partial charge in [0.2, 0.25) is 0 Å². The molecule has 0 atom stereocenters. The van der Waals surface area contributed by atoms with Crippen LogP contribution in [0.15, 0.2) is 24.3 Å². The maximum Gasteiger partial charge on any atom is 0.0525 e. The van der Waals surface area contributed by atoms with Crippen LogP contribution in [0.4, 0.5) is 0 Å². The van der Waals surface area contributed by atoms with Crippen LogP contribution in [-0.4, -0.2) is 34.1 Å². The summed E-state index contributed by atoms with van der Waals surface area (Å²) < 4.78 is 0. The molecule has 0 spiro atoms. The molecular weight excluding hydrogens is 428 g/mol. The SMILES string of the molecule is CC1(C)CC(C(C(=O)[O-])(c2ccccc2CC(=O)[O-])C2CC(C)(C)NC(C)(C)C2)CC(C)(C)N1. The van der Waals surface area contributed by atoms with Crippen LogP contribution in [0, 0.1) is 11.8 Å². The Morgan fingerprint density at radius 2 is 1.18 bits per heavy atom. The van der Waals surface area contributed by atoms with Gasteiger partial charge in [0.25, 0.3) is 0 Å². The summed E-state index contributed by atoms with van der Waals surface area (Å²) in [7, 11) is 0. The molecule has 6 nitrogen and oxygen atoms in total. The lowest BCUT2D eigenvalue weighted by atomic mass is 9.51. The van der Waals surface area contributed by atoms with E-state index in [4.69, 9.17) is 0 Å². The topological polar surface area (TPSA) is 104 Å². The fraction of sp³-hybridized carbons (Fsp3) is 0.714. The molecule has 3 rings (SSSR count). The fourth-order valence-corrected chi connectivity index (χ4v) is 7.74. The first-order valence-electron chi connectivity index (χ1n) is 12.5. The van der Waals surface area contributed by atoms with Crippen molar-refractivity contribution in [3.63, 3.8) is 0 Å². The summed E-state index contributed by atoms with van der Waals surface area (Å²) in [6.07, 6.45) is 2.27. The van der Waals surface area contributed by atoms with Crippen LogP contribution in [0.5, 0.6) is 0 Å². The molecule has 2 fully saturated rings. The number of piperidine rings is 2. The minimum absolute atomic E-state index is 0.235. The third-order valence-corrected chi connectivity index (χ3v) is 7.80. The molecule has 34 heavy (non-hydrogen) atoms. The van der Waals surface area contributed by atoms with Gasteiger partial charge in [0.15, 0.2) is 0 Å². The number of nitrogens with one attached hydrogen (secondary N) is 2. The number of hydrogen-bond acceptors (Lipinski definition) is 6. The van der Waals surface area contributed by atoms with Crippen molar-refractivity contribution in [1.82, 2.24) is 10.6 Å². The predicted octanol–water partition coefficient (Wildman–Crippen LogP) is 2.08. The minimum atomic E-state index is -1.33. The molecule has 1 aromatic carbocycles. The van der Waals surface area contributed by atoms with Crippen molar-refractivity contribution in [3.05, 3.63) is 35.4 Å². The molecule has 2 N–H and O–H groups in total. The van der Waals surface area contributed by atoms with Crippen LogP contribution >= 0.6 is 0 Å². The summed E-state index contributed by atoms with van der Waals surface area (Å²) in [4.78, 5) is 25.3. The van der Waals surface area contributed by atoms with E-state index in [1.54, 1.807) is 12.1 Å². The zero-order valence-electron chi connectivity index (χ0n) is 22.1. The highest BCUT2D eigenvalue weighted by Crippen LogP contribution is 2.54. The van der Waals surface area contributed by atoms with Gasteiger partial charge in [-0.05, 0) is 104 Å². The molecule has 0 aromatic heterocycles. The largest absolute Gasteiger partial charge is 0.550 e. The Labute approximate surface area is 204 Å². The summed E-state index contributed by atoms with van der Waals surface area (Å²) in [5.74, 6) is -2.78. The highest BCUT2D eigenvalue weighted by atomic mass is 16.4. The van der Waals surface area contributed by atoms with Crippen LogP contribution in [0.3, 0.4) is 0 Å². The fourth-order valence-electron chi connectivity index (χ4n) is 7.74. The van der Waals surface area contributed by atoms with E-state index in [2.05, 4.69) is 66.0 Å². The quantitative estimate of drug-likeness (QED) is 0.660. The third-order valence-electron chi connectivity index (χ3n) is 7.80. The average Bonchev–Trinajstić information content (AvgIpc) is 2.57. The molecule has 0 aliphatic carbocycles. The van der Waals surface area contributed by atoms with E-state index in [0.717, 1.165) is 0 Å². The number of rotatable bonds is 6. The van der Waals surface area contributed by atoms with Gasteiger partial charge in [0.1, 0.15) is 0 Å². The summed E-state index contributed by atoms with van der Waals surface area (Å²) >= 11 is 0. The number of aliphatic carboxylic acids is 2. The van der Waals surface area contributed by atoms with Gasteiger partial charge in [0.05, 0.1) is 5.97 Å². The van der Waals surface area contributed by atoms with Crippen LogP contribution in [0.2, 0.25) is 0 Å². The monoisotopic (exact) mass is 470 g/mol. The molecule has 0 bridgehead atoms. The average molecular weight is 471 g/mol. The molecule has 6 heteroatoms. The Bertz CT molecular complexity index is 877. The molecular formula is C28H42N2O4-2. The lowest BCUT2D eigenvalue weighted by molar-refractivity contribution is -0.320. The van der Waals surface area contributed by atoms with Crippen molar-refractivity contribution in [2.75, 3.05) is 0 Å². The molecule has 2 aliphatic heterocycles. The highest BCUT2D eigenvalue weighted by Gasteiger charge is 2.56. The summed E-state index contributed by atoms with van der Waals surface area (Å²) in [6.45, 7) is 16.9. The maximum absolute atomic E-state index is 13.6. The molecule has 0 radical (unpaired) electrons. The maximum atomic E-state index is 13.6. The van der Waals surface area contributed by atoms with Crippen LogP contribution in [-0.2, 0) is 21.4 Å². The van der Waals surface area contributed by atoms with Crippen molar-refractivity contribution >= 4 is 11.9 Å². The number of benzene rings is 1. The van der Waals surface area contributed by atoms with Gasteiger partial charge in [0, 0.05) is 40.0 Å². The number of carbonyl (C=O) groups excluding carboxylic acids is 2. The lowest BCUT2D eigenvalue weighted by Gasteiger charge is -2.60. The van der Waals surface area contributed by atoms with E-state index >= 15 is 0 Å². The van der Waals surface area contributed by atoms with Crippen molar-refractivity contribution in [2.24, 2.45) is 11.8 Å². The smallest absolute Gasteiger partial charge is 0.0525 e. The number of carboxylic acids is 2. The zero-order valence-corrected chi connectivity index (χ0v) is 22.1. The Hall–Kier alpha value is -1.92. The lowest BCUT2D eigenvalue weighted by Crippen LogP contribution is -2.68. The second-order valence-electron chi connectivity index (χ2n) is 13.4. The van der Waals surface area contributed by atoms with Gasteiger partial charge in [-0.15, -0.1) is 0 Å². The van der Waals surface area contributed by atoms with Crippen molar-refractivity contribution in [3.8, 4) is 0 Å². The molecule has 2 aliphatic rings. The molecule has 0 amide bonds. The van der Waals surface area contributed by atoms with E-state index < -0.39 is 17.4 Å². The van der Waals surface area contributed by atoms with E-state index in [1.165, 1.54) is 0 Å². The Balaban J connectivity index is 2.33. The summed E-state index contributed by atoms with van der Waals surface area (Å²) in [6, 6.07) is 7.14. The van der Waals surface area contributed by atoms with Gasteiger partial charge in [-0.2, -0.15) is 0 Å². The second kappa shape index (κ2) is 8.63. The standard InChI is InChI=1S/C28H44N2O4/c1-24(2)14-19(15-25(3,4)29-24)28(23(33)34,20-16-26(5,6)30-27(7,8)17-20)21-12-10-9-11-18(21)13-22(31)32/h9-12,19-20,29-30H,13-17H2,1-8H3,(H,31,32)(H,33,34)/p-2. The predicted molar refractivity (Wildman–Crippen MR) is 130 cm³/mol. The van der Waals surface area contributed by atoms with Gasteiger partial charge < -0.3 is 30.4 Å². The Kier molecular flexibility index (Phi) is 6.77. The number of carboxylic acid groups (broad SMARTS) is 2. The number of carbonyl (C=O) groups is 2. The number of hydrogen-bond donors (Lipinski definition) is 2. The van der Waals surface area contributed by atoms with Gasteiger partial charge >= 0.3 is 0 Å². The van der Waals surface area contributed by atoms with E-state index in [-0.39, 0.29) is 40.4 Å². The van der Waals surface area contributed by atoms with Crippen LogP contribution < -0.4 is 20.8 Å². The Morgan fingerprint density at radius 3 is 1.53 bits per heavy atom. The first kappa shape index (κ1) is 26.7. The molecule has 0 saturated carbocycles. The van der Waals surface area contributed by atoms with Gasteiger partial charge in [-0.25, -0.2) is 0 Å². The van der Waals surface area contributed by atoms with Gasteiger partial charge in [-0.1, -0.05) is 24.3 Å². The first-order valence-corrected chi connectivity index (χ1v) is 12.5. The highest BCUT2D eigenvalue weighted by molar-refractivity contribution is 5.82. The first-order chi connectivity index (χ1) is 15.4. The Morgan fingerprint density at radius 1 is 0.794 bits per heavy atom. The van der Waals surface area contributed by atoms with Crippen molar-refractivity contribution in [1.29, 1.82) is 0 Å². The normalized spacial score (nSPS) is 24.5. The van der Waals surface area contributed by atoms with Crippen LogP contribution in [0.1, 0.15) is 92.2 Å². The second-order valence-corrected chi connectivity index (χ2v) is 13.4. The molecule has 0 unspecified atom stereocenters. The third kappa shape index (κ3) is 5.33. The van der Waals surface area contributed by atoms with Gasteiger partial charge in [-0.3, -0.25) is 0 Å². The zero-order chi connectivity index (χ0) is 25.7. The summed E-state index contributed by atoms with van der Waals surface area (Å²) in [5, 5.41) is 32.6. The van der Waals surface area contributed by atoms with Crippen LogP contribution in [0.25, 0.3) is 0 Å². The molecule has 190 valence electrons. The molecule has 1 aromatic rings. The van der Waals surface area contributed by atoms with E-state index in [1.807, 2.05) is 12.1 Å².